The number of carbonyl (C=O) groups is 4. The number of rotatable bonds is 4. The van der Waals surface area contributed by atoms with Crippen LogP contribution in [0, 0.1) is 23.7 Å². The van der Waals surface area contributed by atoms with Crippen LogP contribution in [0.3, 0.4) is 0 Å². The van der Waals surface area contributed by atoms with Gasteiger partial charge in [-0.2, -0.15) is 0 Å². The van der Waals surface area contributed by atoms with E-state index in [2.05, 4.69) is 26.8 Å². The van der Waals surface area contributed by atoms with Crippen molar-refractivity contribution in [2.45, 2.75) is 18.9 Å². The van der Waals surface area contributed by atoms with E-state index in [9.17, 15) is 19.2 Å². The van der Waals surface area contributed by atoms with Crippen LogP contribution >= 0.6 is 15.9 Å². The SMILES string of the molecule is O=C(COC(=O)[C@@H]1[C@@H]2C[C@@H]3[C@@H]1C(=O)O[C@@H]3C2)NNC(=O)c1ccc(Br)cc1. The number of esters is 2. The third-order valence-corrected chi connectivity index (χ3v) is 6.05. The Kier molecular flexibility index (Phi) is 4.63. The van der Waals surface area contributed by atoms with Gasteiger partial charge in [0.15, 0.2) is 6.61 Å². The molecular formula is C18H17BrN2O6. The topological polar surface area (TPSA) is 111 Å². The van der Waals surface area contributed by atoms with Crippen molar-refractivity contribution in [3.8, 4) is 0 Å². The highest BCUT2D eigenvalue weighted by Gasteiger charge is 2.64. The van der Waals surface area contributed by atoms with E-state index in [-0.39, 0.29) is 23.9 Å². The van der Waals surface area contributed by atoms with Crippen LogP contribution in [-0.4, -0.2) is 36.5 Å². The third-order valence-electron chi connectivity index (χ3n) is 5.52. The average molecular weight is 437 g/mol. The maximum absolute atomic E-state index is 12.4. The molecule has 0 unspecified atom stereocenters. The van der Waals surface area contributed by atoms with Crippen molar-refractivity contribution >= 4 is 39.7 Å². The molecule has 1 aromatic carbocycles. The van der Waals surface area contributed by atoms with Gasteiger partial charge in [-0.25, -0.2) is 0 Å². The molecule has 5 atom stereocenters. The zero-order valence-electron chi connectivity index (χ0n) is 14.1. The maximum Gasteiger partial charge on any atom is 0.310 e. The smallest absolute Gasteiger partial charge is 0.310 e. The summed E-state index contributed by atoms with van der Waals surface area (Å²) in [6, 6.07) is 6.59. The maximum atomic E-state index is 12.4. The molecule has 142 valence electrons. The molecule has 3 fully saturated rings. The summed E-state index contributed by atoms with van der Waals surface area (Å²) in [5.41, 5.74) is 4.82. The molecular weight excluding hydrogens is 420 g/mol. The van der Waals surface area contributed by atoms with Crippen LogP contribution in [0.1, 0.15) is 23.2 Å². The Morgan fingerprint density at radius 2 is 1.89 bits per heavy atom. The molecule has 1 saturated heterocycles. The minimum atomic E-state index is -0.663. The summed E-state index contributed by atoms with van der Waals surface area (Å²) in [5, 5.41) is 0. The molecule has 0 spiro atoms. The first kappa shape index (κ1) is 18.0. The van der Waals surface area contributed by atoms with Crippen LogP contribution in [0.4, 0.5) is 0 Å². The van der Waals surface area contributed by atoms with Gasteiger partial charge in [0.25, 0.3) is 11.8 Å². The Morgan fingerprint density at radius 1 is 1.15 bits per heavy atom. The number of halogens is 1. The quantitative estimate of drug-likeness (QED) is 0.536. The Balaban J connectivity index is 1.25. The third kappa shape index (κ3) is 3.31. The Hall–Kier alpha value is -2.42. The monoisotopic (exact) mass is 436 g/mol. The molecule has 4 rings (SSSR count). The average Bonchev–Trinajstić information content (AvgIpc) is 3.27. The highest BCUT2D eigenvalue weighted by molar-refractivity contribution is 9.10. The fraction of sp³-hybridized carbons (Fsp3) is 0.444. The molecule has 8 nitrogen and oxygen atoms in total. The van der Waals surface area contributed by atoms with Crippen molar-refractivity contribution in [1.29, 1.82) is 0 Å². The van der Waals surface area contributed by atoms with Crippen molar-refractivity contribution in [3.05, 3.63) is 34.3 Å². The van der Waals surface area contributed by atoms with Crippen molar-refractivity contribution in [3.63, 3.8) is 0 Å². The highest BCUT2D eigenvalue weighted by Crippen LogP contribution is 2.57. The zero-order chi connectivity index (χ0) is 19.1. The van der Waals surface area contributed by atoms with Gasteiger partial charge in [-0.15, -0.1) is 0 Å². The van der Waals surface area contributed by atoms with Crippen LogP contribution in [0.25, 0.3) is 0 Å². The molecule has 1 aliphatic heterocycles. The number of benzene rings is 1. The molecule has 2 N–H and O–H groups in total. The van der Waals surface area contributed by atoms with Crippen molar-refractivity contribution < 1.29 is 28.7 Å². The van der Waals surface area contributed by atoms with Gasteiger partial charge in [0, 0.05) is 16.0 Å². The second-order valence-electron chi connectivity index (χ2n) is 7.04. The standard InChI is InChI=1S/C18H17BrN2O6/c19-10-3-1-8(2-4-10)16(23)21-20-13(22)7-26-17(24)14-9-5-11-12(6-9)27-18(25)15(11)14/h1-4,9,11-12,14-15H,5-7H2,(H,20,22)(H,21,23)/t9-,11+,12-,14-,15+/m1/s1. The summed E-state index contributed by atoms with van der Waals surface area (Å²) < 4.78 is 11.2. The number of amides is 2. The van der Waals surface area contributed by atoms with Gasteiger partial charge in [0.05, 0.1) is 11.8 Å². The summed E-state index contributed by atoms with van der Waals surface area (Å²) in [4.78, 5) is 48.0. The lowest BCUT2D eigenvalue weighted by Crippen LogP contribution is -2.44. The summed E-state index contributed by atoms with van der Waals surface area (Å²) >= 11 is 3.27. The molecule has 1 heterocycles. The second-order valence-corrected chi connectivity index (χ2v) is 7.95. The molecule has 0 aromatic heterocycles. The van der Waals surface area contributed by atoms with Gasteiger partial charge in [-0.1, -0.05) is 15.9 Å². The number of hydrazine groups is 1. The number of hydrogen-bond donors (Lipinski definition) is 2. The van der Waals surface area contributed by atoms with Crippen LogP contribution in [0.2, 0.25) is 0 Å². The lowest BCUT2D eigenvalue weighted by Gasteiger charge is -2.22. The molecule has 1 aromatic rings. The molecule has 2 bridgehead atoms. The van der Waals surface area contributed by atoms with Gasteiger partial charge >= 0.3 is 11.9 Å². The number of carbonyl (C=O) groups excluding carboxylic acids is 4. The van der Waals surface area contributed by atoms with Crippen LogP contribution < -0.4 is 10.9 Å². The molecule has 0 radical (unpaired) electrons. The van der Waals surface area contributed by atoms with E-state index < -0.39 is 36.2 Å². The predicted molar refractivity (Wildman–Crippen MR) is 93.8 cm³/mol. The van der Waals surface area contributed by atoms with Crippen LogP contribution in [-0.2, 0) is 23.9 Å². The predicted octanol–water partition coefficient (Wildman–Crippen LogP) is 0.951. The normalized spacial score (nSPS) is 30.0. The van der Waals surface area contributed by atoms with Crippen molar-refractivity contribution in [2.24, 2.45) is 23.7 Å². The van der Waals surface area contributed by atoms with Crippen LogP contribution in [0.5, 0.6) is 0 Å². The Labute approximate surface area is 163 Å². The van der Waals surface area contributed by atoms with E-state index in [1.807, 2.05) is 0 Å². The first-order valence-electron chi connectivity index (χ1n) is 8.66. The van der Waals surface area contributed by atoms with E-state index >= 15 is 0 Å². The summed E-state index contributed by atoms with van der Waals surface area (Å²) in [6.45, 7) is -0.529. The van der Waals surface area contributed by atoms with E-state index in [0.717, 1.165) is 10.9 Å². The molecule has 3 aliphatic rings. The minimum absolute atomic E-state index is 0.0614. The summed E-state index contributed by atoms with van der Waals surface area (Å²) in [7, 11) is 0. The molecule has 9 heteroatoms. The minimum Gasteiger partial charge on any atom is -0.462 e. The first-order valence-corrected chi connectivity index (χ1v) is 9.45. The van der Waals surface area contributed by atoms with Crippen molar-refractivity contribution in [1.82, 2.24) is 10.9 Å². The molecule has 2 amide bonds. The lowest BCUT2D eigenvalue weighted by molar-refractivity contribution is -0.158. The number of fused-ring (bicyclic) bond motifs is 1. The fourth-order valence-corrected chi connectivity index (χ4v) is 4.66. The first-order chi connectivity index (χ1) is 12.9. The largest absolute Gasteiger partial charge is 0.462 e. The fourth-order valence-electron chi connectivity index (χ4n) is 4.39. The van der Waals surface area contributed by atoms with Gasteiger partial charge in [-0.3, -0.25) is 30.0 Å². The lowest BCUT2D eigenvalue weighted by atomic mass is 9.80. The van der Waals surface area contributed by atoms with Gasteiger partial charge < -0.3 is 9.47 Å². The number of ether oxygens (including phenoxy) is 2. The zero-order valence-corrected chi connectivity index (χ0v) is 15.7. The molecule has 2 saturated carbocycles. The van der Waals surface area contributed by atoms with E-state index in [1.165, 1.54) is 0 Å². The summed E-state index contributed by atoms with van der Waals surface area (Å²) in [6.07, 6.45) is 1.41. The number of hydrogen-bond acceptors (Lipinski definition) is 6. The van der Waals surface area contributed by atoms with Gasteiger partial charge in [0.1, 0.15) is 6.10 Å². The van der Waals surface area contributed by atoms with Gasteiger partial charge in [-0.05, 0) is 43.0 Å². The second kappa shape index (κ2) is 6.95. The van der Waals surface area contributed by atoms with E-state index in [0.29, 0.717) is 12.0 Å². The van der Waals surface area contributed by atoms with E-state index in [1.54, 1.807) is 24.3 Å². The van der Waals surface area contributed by atoms with Gasteiger partial charge in [0.2, 0.25) is 0 Å². The summed E-state index contributed by atoms with van der Waals surface area (Å²) in [5.74, 6) is -2.85. The molecule has 27 heavy (non-hydrogen) atoms. The van der Waals surface area contributed by atoms with Crippen molar-refractivity contribution in [2.75, 3.05) is 6.61 Å². The highest BCUT2D eigenvalue weighted by atomic mass is 79.9. The Morgan fingerprint density at radius 3 is 2.63 bits per heavy atom. The molecule has 2 aliphatic carbocycles. The van der Waals surface area contributed by atoms with E-state index in [4.69, 9.17) is 9.47 Å². The Bertz CT molecular complexity index is 809. The van der Waals surface area contributed by atoms with Crippen LogP contribution in [0.15, 0.2) is 28.7 Å². The number of nitrogens with one attached hydrogen (secondary N) is 2.